The van der Waals surface area contributed by atoms with Crippen molar-refractivity contribution in [3.8, 4) is 5.75 Å². The number of aryl methyl sites for hydroxylation is 1. The molecule has 24 heavy (non-hydrogen) atoms. The van der Waals surface area contributed by atoms with Crippen LogP contribution in [0.15, 0.2) is 24.3 Å². The van der Waals surface area contributed by atoms with Gasteiger partial charge in [-0.1, -0.05) is 11.6 Å². The van der Waals surface area contributed by atoms with Crippen LogP contribution >= 0.6 is 11.6 Å². The molecule has 1 saturated heterocycles. The van der Waals surface area contributed by atoms with E-state index in [0.717, 1.165) is 43.2 Å². The molecule has 1 unspecified atom stereocenters. The van der Waals surface area contributed by atoms with Gasteiger partial charge in [-0.15, -0.1) is 0 Å². The number of ether oxygens (including phenoxy) is 2. The third kappa shape index (κ3) is 4.27. The highest BCUT2D eigenvalue weighted by atomic mass is 35.5. The fraction of sp³-hybridized carbons (Fsp3) is 0.412. The van der Waals surface area contributed by atoms with Gasteiger partial charge < -0.3 is 20.1 Å². The van der Waals surface area contributed by atoms with E-state index in [2.05, 4.69) is 20.6 Å². The number of benzene rings is 1. The summed E-state index contributed by atoms with van der Waals surface area (Å²) in [5.74, 6) is 1.94. The van der Waals surface area contributed by atoms with Crippen LogP contribution in [0.5, 0.6) is 5.75 Å². The van der Waals surface area contributed by atoms with Crippen molar-refractivity contribution in [1.82, 2.24) is 9.97 Å². The molecule has 128 valence electrons. The third-order valence-corrected chi connectivity index (χ3v) is 4.03. The van der Waals surface area contributed by atoms with Gasteiger partial charge in [0.05, 0.1) is 18.9 Å². The van der Waals surface area contributed by atoms with Crippen LogP contribution in [0.3, 0.4) is 0 Å². The van der Waals surface area contributed by atoms with Crippen molar-refractivity contribution in [1.29, 1.82) is 0 Å². The van der Waals surface area contributed by atoms with Gasteiger partial charge in [-0.3, -0.25) is 0 Å². The second-order valence-electron chi connectivity index (χ2n) is 5.70. The smallest absolute Gasteiger partial charge is 0.229 e. The lowest BCUT2D eigenvalue weighted by atomic mass is 10.2. The molecule has 0 bridgehead atoms. The van der Waals surface area contributed by atoms with Crippen LogP contribution in [-0.2, 0) is 4.74 Å². The molecule has 6 nitrogen and oxygen atoms in total. The number of aromatic nitrogens is 2. The summed E-state index contributed by atoms with van der Waals surface area (Å²) in [7, 11) is 1.61. The van der Waals surface area contributed by atoms with Crippen molar-refractivity contribution in [3.63, 3.8) is 0 Å². The molecule has 0 saturated carbocycles. The number of nitrogens with zero attached hydrogens (tertiary/aromatic N) is 2. The van der Waals surface area contributed by atoms with Gasteiger partial charge in [-0.25, -0.2) is 4.98 Å². The van der Waals surface area contributed by atoms with Crippen molar-refractivity contribution < 1.29 is 9.47 Å². The normalized spacial score (nSPS) is 16.9. The Morgan fingerprint density at radius 3 is 2.96 bits per heavy atom. The lowest BCUT2D eigenvalue weighted by Gasteiger charge is -2.14. The number of halogens is 1. The zero-order chi connectivity index (χ0) is 16.9. The fourth-order valence-corrected chi connectivity index (χ4v) is 2.81. The first-order chi connectivity index (χ1) is 11.6. The molecular weight excluding hydrogens is 328 g/mol. The molecule has 1 aromatic heterocycles. The summed E-state index contributed by atoms with van der Waals surface area (Å²) in [5, 5.41) is 7.10. The summed E-state index contributed by atoms with van der Waals surface area (Å²) in [6.45, 7) is 3.52. The van der Waals surface area contributed by atoms with Crippen molar-refractivity contribution in [2.24, 2.45) is 0 Å². The van der Waals surface area contributed by atoms with Gasteiger partial charge in [0.15, 0.2) is 0 Å². The Morgan fingerprint density at radius 1 is 1.33 bits per heavy atom. The molecule has 7 heteroatoms. The number of hydrogen-bond donors (Lipinski definition) is 2. The van der Waals surface area contributed by atoms with Crippen molar-refractivity contribution in [2.45, 2.75) is 25.9 Å². The molecule has 1 atom stereocenters. The Balaban J connectivity index is 1.74. The summed E-state index contributed by atoms with van der Waals surface area (Å²) in [4.78, 5) is 8.93. The van der Waals surface area contributed by atoms with Crippen LogP contribution < -0.4 is 15.4 Å². The molecular formula is C17H21ClN4O2. The van der Waals surface area contributed by atoms with Crippen LogP contribution in [0.4, 0.5) is 17.5 Å². The molecule has 2 heterocycles. The van der Waals surface area contributed by atoms with E-state index < -0.39 is 0 Å². The predicted octanol–water partition coefficient (Wildman–Crippen LogP) is 3.78. The molecule has 0 radical (unpaired) electrons. The first-order valence-corrected chi connectivity index (χ1v) is 8.33. The quantitative estimate of drug-likeness (QED) is 0.828. The second kappa shape index (κ2) is 7.68. The monoisotopic (exact) mass is 348 g/mol. The predicted molar refractivity (Wildman–Crippen MR) is 95.5 cm³/mol. The van der Waals surface area contributed by atoms with E-state index in [0.29, 0.717) is 16.7 Å². The van der Waals surface area contributed by atoms with Crippen LogP contribution in [0.1, 0.15) is 18.5 Å². The lowest BCUT2D eigenvalue weighted by molar-refractivity contribution is 0.120. The molecule has 1 aromatic carbocycles. The number of methoxy groups -OCH3 is 1. The number of nitrogens with one attached hydrogen (secondary N) is 2. The summed E-state index contributed by atoms with van der Waals surface area (Å²) >= 11 is 6.06. The highest BCUT2D eigenvalue weighted by Gasteiger charge is 2.15. The van der Waals surface area contributed by atoms with Gasteiger partial charge in [-0.05, 0) is 38.0 Å². The van der Waals surface area contributed by atoms with E-state index in [9.17, 15) is 0 Å². The van der Waals surface area contributed by atoms with Crippen LogP contribution in [0.25, 0.3) is 0 Å². The standard InChI is InChI=1S/C17H21ClN4O2/c1-11-8-16(19-10-13-4-3-7-24-13)22-17(20-11)21-14-9-12(18)5-6-15(14)23-2/h5-6,8-9,13H,3-4,7,10H2,1-2H3,(H2,19,20,21,22). The molecule has 0 amide bonds. The van der Waals surface area contributed by atoms with Gasteiger partial charge in [-0.2, -0.15) is 4.98 Å². The second-order valence-corrected chi connectivity index (χ2v) is 6.14. The average molecular weight is 349 g/mol. The summed E-state index contributed by atoms with van der Waals surface area (Å²) in [6, 6.07) is 7.27. The van der Waals surface area contributed by atoms with E-state index in [-0.39, 0.29) is 6.10 Å². The van der Waals surface area contributed by atoms with E-state index >= 15 is 0 Å². The SMILES string of the molecule is COc1ccc(Cl)cc1Nc1nc(C)cc(NCC2CCCO2)n1. The maximum Gasteiger partial charge on any atom is 0.229 e. The third-order valence-electron chi connectivity index (χ3n) is 3.80. The molecule has 1 fully saturated rings. The number of hydrogen-bond acceptors (Lipinski definition) is 6. The zero-order valence-electron chi connectivity index (χ0n) is 13.8. The average Bonchev–Trinajstić information content (AvgIpc) is 3.06. The molecule has 1 aliphatic rings. The largest absolute Gasteiger partial charge is 0.495 e. The lowest BCUT2D eigenvalue weighted by Crippen LogP contribution is -2.19. The molecule has 0 aliphatic carbocycles. The van der Waals surface area contributed by atoms with Gasteiger partial charge in [0.25, 0.3) is 0 Å². The van der Waals surface area contributed by atoms with Crippen molar-refractivity contribution in [3.05, 3.63) is 35.0 Å². The molecule has 2 aromatic rings. The minimum atomic E-state index is 0.254. The minimum absolute atomic E-state index is 0.254. The molecule has 2 N–H and O–H groups in total. The van der Waals surface area contributed by atoms with Crippen LogP contribution in [-0.4, -0.2) is 36.3 Å². The molecule has 0 spiro atoms. The highest BCUT2D eigenvalue weighted by molar-refractivity contribution is 6.31. The first-order valence-electron chi connectivity index (χ1n) is 7.96. The van der Waals surface area contributed by atoms with Gasteiger partial charge >= 0.3 is 0 Å². The van der Waals surface area contributed by atoms with Crippen molar-refractivity contribution in [2.75, 3.05) is 30.9 Å². The maximum absolute atomic E-state index is 6.06. The van der Waals surface area contributed by atoms with Gasteiger partial charge in [0.2, 0.25) is 5.95 Å². The van der Waals surface area contributed by atoms with E-state index in [1.54, 1.807) is 25.3 Å². The maximum atomic E-state index is 6.06. The number of rotatable bonds is 6. The number of anilines is 3. The zero-order valence-corrected chi connectivity index (χ0v) is 14.6. The Morgan fingerprint density at radius 2 is 2.21 bits per heavy atom. The Labute approximate surface area is 146 Å². The minimum Gasteiger partial charge on any atom is -0.495 e. The Hall–Kier alpha value is -2.05. The Bertz CT molecular complexity index is 705. The molecule has 1 aliphatic heterocycles. The summed E-state index contributed by atoms with van der Waals surface area (Å²) < 4.78 is 11.0. The van der Waals surface area contributed by atoms with Gasteiger partial charge in [0, 0.05) is 29.9 Å². The van der Waals surface area contributed by atoms with Crippen LogP contribution in [0.2, 0.25) is 5.02 Å². The summed E-state index contributed by atoms with van der Waals surface area (Å²) in [5.41, 5.74) is 1.59. The van der Waals surface area contributed by atoms with E-state index in [1.807, 2.05) is 13.0 Å². The fourth-order valence-electron chi connectivity index (χ4n) is 2.64. The first kappa shape index (κ1) is 16.8. The summed E-state index contributed by atoms with van der Waals surface area (Å²) in [6.07, 6.45) is 2.46. The van der Waals surface area contributed by atoms with Crippen LogP contribution in [0, 0.1) is 6.92 Å². The van der Waals surface area contributed by atoms with Crippen molar-refractivity contribution >= 4 is 29.1 Å². The van der Waals surface area contributed by atoms with Gasteiger partial charge in [0.1, 0.15) is 11.6 Å². The van der Waals surface area contributed by atoms with E-state index in [4.69, 9.17) is 21.1 Å². The van der Waals surface area contributed by atoms with E-state index in [1.165, 1.54) is 0 Å². The Kier molecular flexibility index (Phi) is 5.37. The topological polar surface area (TPSA) is 68.3 Å². The molecule has 3 rings (SSSR count). The highest BCUT2D eigenvalue weighted by Crippen LogP contribution is 2.29.